The molecule has 4 rings (SSSR count). The summed E-state index contributed by atoms with van der Waals surface area (Å²) in [6.07, 6.45) is 3.32. The molecule has 8 heteroatoms. The van der Waals surface area contributed by atoms with E-state index in [0.717, 1.165) is 20.2 Å². The van der Waals surface area contributed by atoms with Gasteiger partial charge in [0.05, 0.1) is 14.3 Å². The molecule has 0 saturated heterocycles. The van der Waals surface area contributed by atoms with Crippen LogP contribution in [0.4, 0.5) is 0 Å². The van der Waals surface area contributed by atoms with Crippen molar-refractivity contribution in [3.05, 3.63) is 64.1 Å². The van der Waals surface area contributed by atoms with Crippen LogP contribution < -0.4 is 0 Å². The quantitative estimate of drug-likeness (QED) is 0.359. The molecule has 4 aromatic rings. The second kappa shape index (κ2) is 6.44. The van der Waals surface area contributed by atoms with Crippen LogP contribution in [0.15, 0.2) is 64.9 Å². The van der Waals surface area contributed by atoms with Crippen molar-refractivity contribution in [1.82, 2.24) is 19.9 Å². The molecule has 0 aliphatic rings. The molecule has 6 nitrogen and oxygen atoms in total. The van der Waals surface area contributed by atoms with E-state index in [0.29, 0.717) is 11.3 Å². The van der Waals surface area contributed by atoms with Gasteiger partial charge in [0.2, 0.25) is 9.84 Å². The Morgan fingerprint density at radius 1 is 1.08 bits per heavy atom. The highest BCUT2D eigenvalue weighted by Crippen LogP contribution is 2.29. The normalized spacial score (nSPS) is 11.8. The molecule has 0 aliphatic heterocycles. The van der Waals surface area contributed by atoms with Gasteiger partial charge in [-0.15, -0.1) is 0 Å². The van der Waals surface area contributed by atoms with Gasteiger partial charge in [0.15, 0.2) is 0 Å². The minimum absolute atomic E-state index is 0.167. The number of hydrogen-bond donors (Lipinski definition) is 1. The van der Waals surface area contributed by atoms with Crippen LogP contribution in [0.5, 0.6) is 0 Å². The third kappa shape index (κ3) is 2.99. The number of rotatable bonds is 3. The SMILES string of the molecule is Cc1ccc(S(=O)(=O)c2nc(-c3cccnc3)c3cc(I)[nH]c3n2)cc1. The molecule has 0 unspecified atom stereocenters. The van der Waals surface area contributed by atoms with E-state index in [1.54, 1.807) is 42.7 Å². The average Bonchev–Trinajstić information content (AvgIpc) is 3.02. The van der Waals surface area contributed by atoms with E-state index in [1.165, 1.54) is 0 Å². The molecule has 0 amide bonds. The Hall–Kier alpha value is -2.33. The van der Waals surface area contributed by atoms with Crippen LogP contribution in [-0.4, -0.2) is 28.4 Å². The fraction of sp³-hybridized carbons (Fsp3) is 0.0556. The zero-order valence-corrected chi connectivity index (χ0v) is 16.6. The van der Waals surface area contributed by atoms with Crippen LogP contribution in [0, 0.1) is 10.6 Å². The van der Waals surface area contributed by atoms with Crippen LogP contribution >= 0.6 is 22.6 Å². The first-order valence-electron chi connectivity index (χ1n) is 7.73. The molecular formula is C18H13IN4O2S. The highest BCUT2D eigenvalue weighted by atomic mass is 127. The van der Waals surface area contributed by atoms with Crippen molar-refractivity contribution in [3.63, 3.8) is 0 Å². The van der Waals surface area contributed by atoms with Crippen molar-refractivity contribution >= 4 is 43.5 Å². The smallest absolute Gasteiger partial charge is 0.254 e. The molecule has 3 aromatic heterocycles. The molecule has 1 aromatic carbocycles. The number of sulfone groups is 1. The number of benzene rings is 1. The third-order valence-electron chi connectivity index (χ3n) is 3.94. The topological polar surface area (TPSA) is 88.6 Å². The molecule has 1 N–H and O–H groups in total. The minimum Gasteiger partial charge on any atom is -0.335 e. The number of hydrogen-bond acceptors (Lipinski definition) is 5. The molecule has 0 fully saturated rings. The summed E-state index contributed by atoms with van der Waals surface area (Å²) in [4.78, 5) is 16.0. The van der Waals surface area contributed by atoms with E-state index in [-0.39, 0.29) is 10.1 Å². The van der Waals surface area contributed by atoms with Crippen LogP contribution in [0.2, 0.25) is 0 Å². The van der Waals surface area contributed by atoms with Gasteiger partial charge in [0.1, 0.15) is 5.65 Å². The number of aromatic nitrogens is 4. The van der Waals surface area contributed by atoms with E-state index >= 15 is 0 Å². The van der Waals surface area contributed by atoms with E-state index in [1.807, 2.05) is 19.1 Å². The standard InChI is InChI=1S/C18H13IN4O2S/c1-11-4-6-13(7-5-11)26(24,25)18-22-16(12-3-2-8-20-10-12)14-9-15(19)21-17(14)23-18/h2-10H,1H3,(H,21,22,23). The number of pyridine rings is 1. The van der Waals surface area contributed by atoms with Gasteiger partial charge < -0.3 is 4.98 Å². The molecule has 0 atom stereocenters. The lowest BCUT2D eigenvalue weighted by Gasteiger charge is -2.07. The number of nitrogens with zero attached hydrogens (tertiary/aromatic N) is 3. The van der Waals surface area contributed by atoms with Crippen molar-refractivity contribution in [1.29, 1.82) is 0 Å². The van der Waals surface area contributed by atoms with Crippen molar-refractivity contribution in [3.8, 4) is 11.3 Å². The summed E-state index contributed by atoms with van der Waals surface area (Å²) in [5.74, 6) is 0. The van der Waals surface area contributed by atoms with Gasteiger partial charge in [0, 0.05) is 23.3 Å². The predicted molar refractivity (Wildman–Crippen MR) is 106 cm³/mol. The average molecular weight is 476 g/mol. The monoisotopic (exact) mass is 476 g/mol. The molecule has 0 aliphatic carbocycles. The third-order valence-corrected chi connectivity index (χ3v) is 6.08. The second-order valence-corrected chi connectivity index (χ2v) is 8.80. The van der Waals surface area contributed by atoms with Crippen molar-refractivity contribution in [2.45, 2.75) is 17.0 Å². The largest absolute Gasteiger partial charge is 0.335 e. The summed E-state index contributed by atoms with van der Waals surface area (Å²) in [7, 11) is -3.83. The van der Waals surface area contributed by atoms with Gasteiger partial charge in [0.25, 0.3) is 5.16 Å². The number of nitrogens with one attached hydrogen (secondary N) is 1. The van der Waals surface area contributed by atoms with Crippen LogP contribution in [0.1, 0.15) is 5.56 Å². The zero-order valence-electron chi connectivity index (χ0n) is 13.6. The summed E-state index contributed by atoms with van der Waals surface area (Å²) < 4.78 is 26.9. The predicted octanol–water partition coefficient (Wildman–Crippen LogP) is 3.77. The van der Waals surface area contributed by atoms with E-state index in [9.17, 15) is 8.42 Å². The highest BCUT2D eigenvalue weighted by Gasteiger charge is 2.24. The lowest BCUT2D eigenvalue weighted by Crippen LogP contribution is -2.08. The molecule has 0 bridgehead atoms. The highest BCUT2D eigenvalue weighted by molar-refractivity contribution is 14.1. The summed E-state index contributed by atoms with van der Waals surface area (Å²) in [5, 5.41) is 0.524. The van der Waals surface area contributed by atoms with Crippen molar-refractivity contribution in [2.75, 3.05) is 0 Å². The number of fused-ring (bicyclic) bond motifs is 1. The van der Waals surface area contributed by atoms with Crippen molar-refractivity contribution < 1.29 is 8.42 Å². The molecule has 130 valence electrons. The first kappa shape index (κ1) is 17.1. The first-order chi connectivity index (χ1) is 12.4. The lowest BCUT2D eigenvalue weighted by molar-refractivity contribution is 0.588. The maximum Gasteiger partial charge on any atom is 0.254 e. The fourth-order valence-corrected chi connectivity index (χ4v) is 4.32. The summed E-state index contributed by atoms with van der Waals surface area (Å²) in [6, 6.07) is 12.2. The molecule has 0 saturated carbocycles. The Kier molecular flexibility index (Phi) is 4.23. The number of H-pyrrole nitrogens is 1. The second-order valence-electron chi connectivity index (χ2n) is 5.79. The zero-order chi connectivity index (χ0) is 18.3. The van der Waals surface area contributed by atoms with Crippen LogP contribution in [0.3, 0.4) is 0 Å². The maximum atomic E-state index is 13.0. The van der Waals surface area contributed by atoms with E-state index in [4.69, 9.17) is 0 Å². The first-order valence-corrected chi connectivity index (χ1v) is 10.3. The molecule has 0 spiro atoms. The Morgan fingerprint density at radius 3 is 2.54 bits per heavy atom. The minimum atomic E-state index is -3.83. The molecule has 0 radical (unpaired) electrons. The molecular weight excluding hydrogens is 463 g/mol. The maximum absolute atomic E-state index is 13.0. The molecule has 3 heterocycles. The molecule has 26 heavy (non-hydrogen) atoms. The summed E-state index contributed by atoms with van der Waals surface area (Å²) in [6.45, 7) is 1.90. The lowest BCUT2D eigenvalue weighted by atomic mass is 10.1. The van der Waals surface area contributed by atoms with Gasteiger partial charge in [-0.1, -0.05) is 17.7 Å². The van der Waals surface area contributed by atoms with Gasteiger partial charge in [-0.25, -0.2) is 13.4 Å². The Morgan fingerprint density at radius 2 is 1.85 bits per heavy atom. The van der Waals surface area contributed by atoms with Gasteiger partial charge >= 0.3 is 0 Å². The van der Waals surface area contributed by atoms with Crippen LogP contribution in [0.25, 0.3) is 22.3 Å². The Balaban J connectivity index is 1.98. The fourth-order valence-electron chi connectivity index (χ4n) is 2.62. The summed E-state index contributed by atoms with van der Waals surface area (Å²) in [5.41, 5.74) is 2.73. The van der Waals surface area contributed by atoms with Gasteiger partial charge in [-0.2, -0.15) is 4.98 Å². The Labute approximate surface area is 163 Å². The van der Waals surface area contributed by atoms with Crippen molar-refractivity contribution in [2.24, 2.45) is 0 Å². The van der Waals surface area contributed by atoms with Gasteiger partial charge in [-0.05, 0) is 59.8 Å². The number of aryl methyl sites for hydroxylation is 1. The summed E-state index contributed by atoms with van der Waals surface area (Å²) >= 11 is 2.13. The van der Waals surface area contributed by atoms with Crippen LogP contribution in [-0.2, 0) is 9.84 Å². The van der Waals surface area contributed by atoms with Gasteiger partial charge in [-0.3, -0.25) is 4.98 Å². The number of aromatic amines is 1. The Bertz CT molecular complexity index is 1200. The van der Waals surface area contributed by atoms with E-state index < -0.39 is 9.84 Å². The number of halogens is 1. The van der Waals surface area contributed by atoms with E-state index in [2.05, 4.69) is 42.5 Å².